The average Bonchev–Trinajstić information content (AvgIpc) is 3.25. The van der Waals surface area contributed by atoms with Crippen LogP contribution in [0.25, 0.3) is 0 Å². The van der Waals surface area contributed by atoms with Crippen molar-refractivity contribution >= 4 is 65.7 Å². The summed E-state index contributed by atoms with van der Waals surface area (Å²) >= 11 is 7.11. The Morgan fingerprint density at radius 3 is 2.57 bits per heavy atom. The van der Waals surface area contributed by atoms with Crippen LogP contribution in [0.2, 0.25) is 0 Å². The molecule has 0 aliphatic carbocycles. The molecule has 3 aromatic rings. The molecular formula is C14H10BrNO3S4. The van der Waals surface area contributed by atoms with Crippen LogP contribution in [0.1, 0.15) is 19.4 Å². The fourth-order valence-corrected chi connectivity index (χ4v) is 6.60. The van der Waals surface area contributed by atoms with Crippen LogP contribution in [0.5, 0.6) is 0 Å². The Morgan fingerprint density at radius 1 is 1.09 bits per heavy atom. The van der Waals surface area contributed by atoms with Gasteiger partial charge in [-0.2, -0.15) is 0 Å². The molecule has 0 amide bonds. The second-order valence-electron chi connectivity index (χ2n) is 4.46. The first kappa shape index (κ1) is 17.0. The van der Waals surface area contributed by atoms with Crippen LogP contribution in [0, 0.1) is 0 Å². The van der Waals surface area contributed by atoms with Gasteiger partial charge in [0.05, 0.1) is 13.5 Å². The fourth-order valence-electron chi connectivity index (χ4n) is 1.80. The zero-order valence-electron chi connectivity index (χ0n) is 11.5. The minimum absolute atomic E-state index is 0.0266. The molecule has 0 radical (unpaired) electrons. The van der Waals surface area contributed by atoms with E-state index in [4.69, 9.17) is 0 Å². The Balaban J connectivity index is 1.69. The van der Waals surface area contributed by atoms with Crippen molar-refractivity contribution in [2.45, 2.75) is 10.8 Å². The van der Waals surface area contributed by atoms with E-state index in [1.807, 2.05) is 11.4 Å². The van der Waals surface area contributed by atoms with Crippen molar-refractivity contribution in [2.75, 3.05) is 0 Å². The highest BCUT2D eigenvalue weighted by Gasteiger charge is 2.17. The van der Waals surface area contributed by atoms with Gasteiger partial charge < -0.3 is 0 Å². The van der Waals surface area contributed by atoms with Crippen molar-refractivity contribution in [3.05, 3.63) is 60.2 Å². The van der Waals surface area contributed by atoms with Crippen LogP contribution < -0.4 is 4.72 Å². The Kier molecular flexibility index (Phi) is 5.14. The van der Waals surface area contributed by atoms with E-state index in [1.54, 1.807) is 30.3 Å². The van der Waals surface area contributed by atoms with Crippen LogP contribution in [-0.4, -0.2) is 14.2 Å². The Morgan fingerprint density at radius 2 is 1.91 bits per heavy atom. The van der Waals surface area contributed by atoms with Crippen LogP contribution >= 0.6 is 49.9 Å². The number of hydrogen-bond donors (Lipinski definition) is 1. The molecule has 0 bridgehead atoms. The second kappa shape index (κ2) is 6.96. The molecule has 1 N–H and O–H groups in total. The summed E-state index contributed by atoms with van der Waals surface area (Å²) in [4.78, 5) is 14.3. The first-order valence-corrected chi connectivity index (χ1v) is 11.2. The predicted octanol–water partition coefficient (Wildman–Crippen LogP) is 4.34. The van der Waals surface area contributed by atoms with E-state index in [-0.39, 0.29) is 16.5 Å². The minimum atomic E-state index is -3.53. The Labute approximate surface area is 154 Å². The largest absolute Gasteiger partial charge is 0.287 e. The molecule has 4 nitrogen and oxygen atoms in total. The number of rotatable bonds is 6. The molecule has 3 aromatic heterocycles. The zero-order chi connectivity index (χ0) is 16.4. The van der Waals surface area contributed by atoms with E-state index < -0.39 is 10.0 Å². The molecule has 0 fully saturated rings. The summed E-state index contributed by atoms with van der Waals surface area (Å²) in [5.74, 6) is -0.0266. The van der Waals surface area contributed by atoms with Gasteiger partial charge in [-0.1, -0.05) is 6.07 Å². The van der Waals surface area contributed by atoms with Gasteiger partial charge in [0.25, 0.3) is 0 Å². The van der Waals surface area contributed by atoms with Gasteiger partial charge in [0.15, 0.2) is 0 Å². The number of sulfonamides is 1. The maximum absolute atomic E-state index is 12.2. The van der Waals surface area contributed by atoms with Crippen molar-refractivity contribution in [3.8, 4) is 0 Å². The highest BCUT2D eigenvalue weighted by molar-refractivity contribution is 9.11. The normalized spacial score (nSPS) is 11.7. The molecule has 0 aliphatic rings. The molecule has 23 heavy (non-hydrogen) atoms. The maximum atomic E-state index is 12.2. The highest BCUT2D eigenvalue weighted by Crippen LogP contribution is 2.27. The van der Waals surface area contributed by atoms with Gasteiger partial charge in [0, 0.05) is 11.4 Å². The van der Waals surface area contributed by atoms with Crippen molar-refractivity contribution in [2.24, 2.45) is 0 Å². The SMILES string of the molecule is O=C(c1cccs1)c1ccc(CNS(=O)(=O)c2ccc(Br)s2)s1. The van der Waals surface area contributed by atoms with E-state index in [9.17, 15) is 13.2 Å². The molecule has 9 heteroatoms. The molecule has 3 rings (SSSR count). The third-order valence-electron chi connectivity index (χ3n) is 2.88. The number of carbonyl (C=O) groups is 1. The van der Waals surface area contributed by atoms with Crippen molar-refractivity contribution in [1.29, 1.82) is 0 Å². The molecule has 0 aromatic carbocycles. The summed E-state index contributed by atoms with van der Waals surface area (Å²) in [6, 6.07) is 10.4. The molecule has 0 aliphatic heterocycles. The van der Waals surface area contributed by atoms with Gasteiger partial charge in [-0.3, -0.25) is 4.79 Å². The van der Waals surface area contributed by atoms with E-state index in [2.05, 4.69) is 20.7 Å². The number of ketones is 1. The fraction of sp³-hybridized carbons (Fsp3) is 0.0714. The van der Waals surface area contributed by atoms with Gasteiger partial charge in [-0.25, -0.2) is 13.1 Å². The zero-order valence-corrected chi connectivity index (χ0v) is 16.3. The Hall–Kier alpha value is -0.840. The van der Waals surface area contributed by atoms with Gasteiger partial charge in [-0.15, -0.1) is 34.0 Å². The summed E-state index contributed by atoms with van der Waals surface area (Å²) in [5.41, 5.74) is 0. The van der Waals surface area contributed by atoms with Crippen molar-refractivity contribution < 1.29 is 13.2 Å². The van der Waals surface area contributed by atoms with Gasteiger partial charge in [-0.05, 0) is 51.6 Å². The maximum Gasteiger partial charge on any atom is 0.250 e. The molecular weight excluding hydrogens is 438 g/mol. The van der Waals surface area contributed by atoms with E-state index in [1.165, 1.54) is 22.7 Å². The molecule has 3 heterocycles. The number of carbonyl (C=O) groups excluding carboxylic acids is 1. The van der Waals surface area contributed by atoms with Crippen molar-refractivity contribution in [1.82, 2.24) is 4.72 Å². The topological polar surface area (TPSA) is 63.2 Å². The molecule has 0 atom stereocenters. The summed E-state index contributed by atoms with van der Waals surface area (Å²) < 4.78 is 27.9. The smallest absolute Gasteiger partial charge is 0.250 e. The first-order chi connectivity index (χ1) is 11.0. The average molecular weight is 448 g/mol. The summed E-state index contributed by atoms with van der Waals surface area (Å²) in [7, 11) is -3.53. The number of hydrogen-bond acceptors (Lipinski definition) is 6. The predicted molar refractivity (Wildman–Crippen MR) is 98.1 cm³/mol. The summed E-state index contributed by atoms with van der Waals surface area (Å²) in [5, 5.41) is 1.86. The van der Waals surface area contributed by atoms with Crippen molar-refractivity contribution in [3.63, 3.8) is 0 Å². The van der Waals surface area contributed by atoms with E-state index >= 15 is 0 Å². The second-order valence-corrected chi connectivity index (χ2v) is 11.0. The molecule has 0 unspecified atom stereocenters. The Bertz CT molecular complexity index is 925. The monoisotopic (exact) mass is 447 g/mol. The molecule has 120 valence electrons. The lowest BCUT2D eigenvalue weighted by Gasteiger charge is -2.02. The van der Waals surface area contributed by atoms with Gasteiger partial charge in [0.1, 0.15) is 4.21 Å². The van der Waals surface area contributed by atoms with Crippen LogP contribution in [0.15, 0.2) is 49.8 Å². The van der Waals surface area contributed by atoms with Gasteiger partial charge >= 0.3 is 0 Å². The van der Waals surface area contributed by atoms with Gasteiger partial charge in [0.2, 0.25) is 15.8 Å². The lowest BCUT2D eigenvalue weighted by Crippen LogP contribution is -2.21. The standard InChI is InChI=1S/C14H10BrNO3S4/c15-12-5-6-13(22-12)23(18,19)16-8-9-3-4-11(21-9)14(17)10-2-1-7-20-10/h1-7,16H,8H2. The first-order valence-electron chi connectivity index (χ1n) is 6.37. The lowest BCUT2D eigenvalue weighted by atomic mass is 10.3. The van der Waals surface area contributed by atoms with Crippen LogP contribution in [-0.2, 0) is 16.6 Å². The quantitative estimate of drug-likeness (QED) is 0.571. The van der Waals surface area contributed by atoms with E-state index in [0.717, 1.165) is 20.0 Å². The molecule has 0 saturated heterocycles. The van der Waals surface area contributed by atoms with E-state index in [0.29, 0.717) is 9.75 Å². The van der Waals surface area contributed by atoms with Crippen LogP contribution in [0.4, 0.5) is 0 Å². The third kappa shape index (κ3) is 3.98. The van der Waals surface area contributed by atoms with Crippen LogP contribution in [0.3, 0.4) is 0 Å². The summed E-state index contributed by atoms with van der Waals surface area (Å²) in [6.07, 6.45) is 0. The highest BCUT2D eigenvalue weighted by atomic mass is 79.9. The number of halogens is 1. The number of nitrogens with one attached hydrogen (secondary N) is 1. The summed E-state index contributed by atoms with van der Waals surface area (Å²) in [6.45, 7) is 0.167. The molecule has 0 spiro atoms. The lowest BCUT2D eigenvalue weighted by molar-refractivity contribution is 0.104. The third-order valence-corrected chi connectivity index (χ3v) is 8.35. The number of thiophene rings is 3. The minimum Gasteiger partial charge on any atom is -0.287 e. The molecule has 0 saturated carbocycles.